The first-order valence-electron chi connectivity index (χ1n) is 9.29. The highest BCUT2D eigenvalue weighted by atomic mass is 19.1. The van der Waals surface area contributed by atoms with Gasteiger partial charge in [-0.05, 0) is 48.9 Å². The Balaban J connectivity index is 1.38. The molecule has 0 bridgehead atoms. The Morgan fingerprint density at radius 3 is 2.28 bits per heavy atom. The highest BCUT2D eigenvalue weighted by Crippen LogP contribution is 2.41. The summed E-state index contributed by atoms with van der Waals surface area (Å²) in [6.45, 7) is 0. The zero-order chi connectivity index (χ0) is 20.2. The second-order valence-corrected chi connectivity index (χ2v) is 6.85. The topological polar surface area (TPSA) is 67.4 Å². The molecule has 2 amide bonds. The lowest BCUT2D eigenvalue weighted by molar-refractivity contribution is -0.122. The Labute approximate surface area is 167 Å². The molecule has 3 aromatic rings. The van der Waals surface area contributed by atoms with Crippen LogP contribution >= 0.6 is 0 Å². The van der Waals surface area contributed by atoms with Crippen LogP contribution in [0.4, 0.5) is 15.8 Å². The number of nitrogens with one attached hydrogen (secondary N) is 2. The molecule has 0 saturated heterocycles. The summed E-state index contributed by atoms with van der Waals surface area (Å²) < 4.78 is 19.1. The number of carbonyl (C=O) groups excluding carboxylic acids is 2. The monoisotopic (exact) mass is 390 g/mol. The summed E-state index contributed by atoms with van der Waals surface area (Å²) in [5.41, 5.74) is 0.917. The third-order valence-electron chi connectivity index (χ3n) is 4.67. The fourth-order valence-corrected chi connectivity index (χ4v) is 3.08. The van der Waals surface area contributed by atoms with Gasteiger partial charge in [-0.25, -0.2) is 4.39 Å². The van der Waals surface area contributed by atoms with E-state index in [4.69, 9.17) is 4.74 Å². The van der Waals surface area contributed by atoms with E-state index in [0.717, 1.165) is 0 Å². The predicted octanol–water partition coefficient (Wildman–Crippen LogP) is 4.83. The third kappa shape index (κ3) is 4.60. The maximum Gasteiger partial charge on any atom is 0.228 e. The minimum Gasteiger partial charge on any atom is -0.455 e. The van der Waals surface area contributed by atoms with Gasteiger partial charge < -0.3 is 15.4 Å². The number of ether oxygens (including phenoxy) is 1. The summed E-state index contributed by atoms with van der Waals surface area (Å²) in [4.78, 5) is 24.9. The molecule has 0 spiro atoms. The maximum absolute atomic E-state index is 13.2. The van der Waals surface area contributed by atoms with Crippen LogP contribution in [-0.4, -0.2) is 11.8 Å². The zero-order valence-electron chi connectivity index (χ0n) is 15.5. The standard InChI is InChI=1S/C23H19FN2O3/c24-15-7-6-8-16(13-15)25-22(27)18-14-19(18)23(28)26-20-11-4-5-12-21(20)29-17-9-2-1-3-10-17/h1-13,18-19H,14H2,(H,25,27)(H,26,28). The summed E-state index contributed by atoms with van der Waals surface area (Å²) >= 11 is 0. The summed E-state index contributed by atoms with van der Waals surface area (Å²) in [5, 5.41) is 5.50. The van der Waals surface area contributed by atoms with Crippen molar-refractivity contribution in [3.63, 3.8) is 0 Å². The van der Waals surface area contributed by atoms with E-state index in [1.54, 1.807) is 24.3 Å². The van der Waals surface area contributed by atoms with Crippen molar-refractivity contribution in [1.29, 1.82) is 0 Å². The average Bonchev–Trinajstić information content (AvgIpc) is 3.52. The predicted molar refractivity (Wildman–Crippen MR) is 108 cm³/mol. The molecule has 1 fully saturated rings. The first kappa shape index (κ1) is 18.7. The van der Waals surface area contributed by atoms with Gasteiger partial charge in [0.2, 0.25) is 11.8 Å². The molecular formula is C23H19FN2O3. The van der Waals surface area contributed by atoms with Crippen molar-refractivity contribution in [3.8, 4) is 11.5 Å². The highest BCUT2D eigenvalue weighted by molar-refractivity contribution is 6.03. The van der Waals surface area contributed by atoms with E-state index in [1.165, 1.54) is 18.2 Å². The van der Waals surface area contributed by atoms with Gasteiger partial charge in [-0.15, -0.1) is 0 Å². The van der Waals surface area contributed by atoms with E-state index in [9.17, 15) is 14.0 Å². The van der Waals surface area contributed by atoms with E-state index in [-0.39, 0.29) is 11.8 Å². The highest BCUT2D eigenvalue weighted by Gasteiger charge is 2.48. The molecule has 4 rings (SSSR count). The molecule has 29 heavy (non-hydrogen) atoms. The third-order valence-corrected chi connectivity index (χ3v) is 4.67. The van der Waals surface area contributed by atoms with Crippen molar-refractivity contribution < 1.29 is 18.7 Å². The van der Waals surface area contributed by atoms with Gasteiger partial charge in [0.15, 0.2) is 5.75 Å². The number of halogens is 1. The van der Waals surface area contributed by atoms with Crippen LogP contribution in [0.2, 0.25) is 0 Å². The SMILES string of the molecule is O=C(Nc1cccc(F)c1)C1CC1C(=O)Nc1ccccc1Oc1ccccc1. The molecule has 0 heterocycles. The number of hydrogen-bond acceptors (Lipinski definition) is 3. The summed E-state index contributed by atoms with van der Waals surface area (Å²) in [7, 11) is 0. The Morgan fingerprint density at radius 1 is 0.828 bits per heavy atom. The van der Waals surface area contributed by atoms with Gasteiger partial charge in [-0.2, -0.15) is 0 Å². The molecule has 3 aromatic carbocycles. The van der Waals surface area contributed by atoms with Gasteiger partial charge >= 0.3 is 0 Å². The molecule has 1 saturated carbocycles. The zero-order valence-corrected chi connectivity index (χ0v) is 15.5. The molecule has 146 valence electrons. The second kappa shape index (κ2) is 8.14. The Kier molecular flexibility index (Phi) is 5.24. The minimum absolute atomic E-state index is 0.242. The van der Waals surface area contributed by atoms with Gasteiger partial charge in [0.1, 0.15) is 11.6 Å². The Hall–Kier alpha value is -3.67. The van der Waals surface area contributed by atoms with Crippen molar-refractivity contribution >= 4 is 23.2 Å². The number of amides is 2. The van der Waals surface area contributed by atoms with Crippen LogP contribution in [0.3, 0.4) is 0 Å². The molecule has 6 heteroatoms. The number of hydrogen-bond donors (Lipinski definition) is 2. The van der Waals surface area contributed by atoms with Crippen LogP contribution in [0.1, 0.15) is 6.42 Å². The molecular weight excluding hydrogens is 371 g/mol. The molecule has 1 aliphatic carbocycles. The number of benzene rings is 3. The molecule has 0 aromatic heterocycles. The molecule has 5 nitrogen and oxygen atoms in total. The second-order valence-electron chi connectivity index (χ2n) is 6.85. The van der Waals surface area contributed by atoms with Gasteiger partial charge in [-0.3, -0.25) is 9.59 Å². The van der Waals surface area contributed by atoms with Gasteiger partial charge in [0, 0.05) is 5.69 Å². The summed E-state index contributed by atoms with van der Waals surface area (Å²) in [5.74, 6) is -0.628. The fraction of sp³-hybridized carbons (Fsp3) is 0.130. The molecule has 1 aliphatic rings. The molecule has 0 aliphatic heterocycles. The number of carbonyl (C=O) groups is 2. The molecule has 0 radical (unpaired) electrons. The van der Waals surface area contributed by atoms with Crippen molar-refractivity contribution in [2.75, 3.05) is 10.6 Å². The smallest absolute Gasteiger partial charge is 0.228 e. The minimum atomic E-state index is -0.430. The van der Waals surface area contributed by atoms with E-state index in [1.807, 2.05) is 36.4 Å². The molecule has 2 atom stereocenters. The summed E-state index contributed by atoms with van der Waals surface area (Å²) in [6, 6.07) is 22.1. The van der Waals surface area contributed by atoms with Crippen molar-refractivity contribution in [2.45, 2.75) is 6.42 Å². The lowest BCUT2D eigenvalue weighted by atomic mass is 10.2. The van der Waals surface area contributed by atoms with Crippen LogP contribution in [0.5, 0.6) is 11.5 Å². The van der Waals surface area contributed by atoms with Crippen molar-refractivity contribution in [1.82, 2.24) is 0 Å². The van der Waals surface area contributed by atoms with E-state index < -0.39 is 17.7 Å². The molecule has 2 N–H and O–H groups in total. The largest absolute Gasteiger partial charge is 0.455 e. The fourth-order valence-electron chi connectivity index (χ4n) is 3.08. The van der Waals surface area contributed by atoms with Gasteiger partial charge in [-0.1, -0.05) is 36.4 Å². The van der Waals surface area contributed by atoms with Crippen LogP contribution in [0.15, 0.2) is 78.9 Å². The first-order valence-corrected chi connectivity index (χ1v) is 9.29. The van der Waals surface area contributed by atoms with E-state index >= 15 is 0 Å². The van der Waals surface area contributed by atoms with E-state index in [2.05, 4.69) is 10.6 Å². The van der Waals surface area contributed by atoms with Gasteiger partial charge in [0.05, 0.1) is 17.5 Å². The number of anilines is 2. The van der Waals surface area contributed by atoms with Crippen LogP contribution in [0, 0.1) is 17.7 Å². The van der Waals surface area contributed by atoms with Crippen LogP contribution < -0.4 is 15.4 Å². The van der Waals surface area contributed by atoms with Crippen LogP contribution in [0.25, 0.3) is 0 Å². The van der Waals surface area contributed by atoms with Gasteiger partial charge in [0.25, 0.3) is 0 Å². The number of para-hydroxylation sites is 3. The normalized spacial score (nSPS) is 17.3. The average molecular weight is 390 g/mol. The maximum atomic E-state index is 13.2. The van der Waals surface area contributed by atoms with Crippen molar-refractivity contribution in [2.24, 2.45) is 11.8 Å². The lowest BCUT2D eigenvalue weighted by Crippen LogP contribution is -2.20. The molecule has 2 unspecified atom stereocenters. The Bertz CT molecular complexity index is 1040. The lowest BCUT2D eigenvalue weighted by Gasteiger charge is -2.12. The summed E-state index contributed by atoms with van der Waals surface area (Å²) in [6.07, 6.45) is 0.453. The van der Waals surface area contributed by atoms with E-state index in [0.29, 0.717) is 29.3 Å². The quantitative estimate of drug-likeness (QED) is 0.633. The van der Waals surface area contributed by atoms with Crippen molar-refractivity contribution in [3.05, 3.63) is 84.7 Å². The first-order chi connectivity index (χ1) is 14.1. The Morgan fingerprint density at radius 2 is 1.52 bits per heavy atom. The van der Waals surface area contributed by atoms with Crippen LogP contribution in [-0.2, 0) is 9.59 Å². The number of rotatable bonds is 6.